The van der Waals surface area contributed by atoms with Crippen LogP contribution in [0.15, 0.2) is 36.4 Å². The summed E-state index contributed by atoms with van der Waals surface area (Å²) in [4.78, 5) is 0. The smallest absolute Gasteiger partial charge is 0.315 e. The summed E-state index contributed by atoms with van der Waals surface area (Å²) in [5.41, 5.74) is 3.06. The number of hydrogen-bond acceptors (Lipinski definition) is 7. The second kappa shape index (κ2) is 9.15. The zero-order chi connectivity index (χ0) is 21.8. The molecule has 0 saturated carbocycles. The first kappa shape index (κ1) is 21.6. The van der Waals surface area contributed by atoms with Gasteiger partial charge in [-0.1, -0.05) is 43.2 Å². The Morgan fingerprint density at radius 1 is 0.933 bits per heavy atom. The summed E-state index contributed by atoms with van der Waals surface area (Å²) in [5.74, 6) is 0.241. The molecule has 0 saturated heterocycles. The monoisotopic (exact) mass is 412 g/mol. The molecule has 3 aromatic rings. The quantitative estimate of drug-likeness (QED) is 0.385. The second-order valence-corrected chi connectivity index (χ2v) is 7.79. The minimum Gasteiger partial charge on any atom is -0.508 e. The number of benzene rings is 2. The van der Waals surface area contributed by atoms with E-state index in [1.807, 2.05) is 38.1 Å². The SMILES string of the molecule is CC(O)CNCc1ccc(Cn2c(O)nnc2-c2cc(C(C)C)c(O)cc2O)cc1. The van der Waals surface area contributed by atoms with Gasteiger partial charge >= 0.3 is 6.01 Å². The summed E-state index contributed by atoms with van der Waals surface area (Å²) < 4.78 is 1.51. The molecule has 2 aromatic carbocycles. The Hall–Kier alpha value is -3.10. The first-order valence-electron chi connectivity index (χ1n) is 9.91. The fourth-order valence-corrected chi connectivity index (χ4v) is 3.25. The van der Waals surface area contributed by atoms with E-state index in [4.69, 9.17) is 0 Å². The van der Waals surface area contributed by atoms with Crippen LogP contribution in [0.4, 0.5) is 0 Å². The molecule has 1 heterocycles. The average Bonchev–Trinajstić information content (AvgIpc) is 3.03. The molecular formula is C22H28N4O4. The van der Waals surface area contributed by atoms with E-state index in [0.717, 1.165) is 11.1 Å². The van der Waals surface area contributed by atoms with Crippen LogP contribution in [0.1, 0.15) is 43.4 Å². The molecule has 0 fully saturated rings. The fourth-order valence-electron chi connectivity index (χ4n) is 3.25. The molecule has 5 N–H and O–H groups in total. The highest BCUT2D eigenvalue weighted by Gasteiger charge is 2.20. The summed E-state index contributed by atoms with van der Waals surface area (Å²) in [5, 5.41) is 51.0. The van der Waals surface area contributed by atoms with Gasteiger partial charge in [0.25, 0.3) is 0 Å². The van der Waals surface area contributed by atoms with Gasteiger partial charge in [0.05, 0.1) is 18.2 Å². The van der Waals surface area contributed by atoms with Gasteiger partial charge < -0.3 is 25.7 Å². The largest absolute Gasteiger partial charge is 0.508 e. The van der Waals surface area contributed by atoms with E-state index in [1.165, 1.54) is 10.6 Å². The Bertz CT molecular complexity index is 997. The normalized spacial score (nSPS) is 12.4. The Morgan fingerprint density at radius 3 is 2.23 bits per heavy atom. The highest BCUT2D eigenvalue weighted by atomic mass is 16.3. The van der Waals surface area contributed by atoms with Crippen LogP contribution in [0.2, 0.25) is 0 Å². The molecule has 0 spiro atoms. The first-order chi connectivity index (χ1) is 14.3. The van der Waals surface area contributed by atoms with E-state index in [9.17, 15) is 20.4 Å². The lowest BCUT2D eigenvalue weighted by atomic mass is 9.98. The van der Waals surface area contributed by atoms with Crippen LogP contribution in [0.3, 0.4) is 0 Å². The number of phenols is 2. The minimum atomic E-state index is -0.396. The molecule has 8 heteroatoms. The highest BCUT2D eigenvalue weighted by Crippen LogP contribution is 2.38. The second-order valence-electron chi connectivity index (χ2n) is 7.79. The third-order valence-electron chi connectivity index (χ3n) is 4.87. The summed E-state index contributed by atoms with van der Waals surface area (Å²) in [6, 6.07) is 10.5. The summed E-state index contributed by atoms with van der Waals surface area (Å²) in [6.07, 6.45) is -0.396. The Kier molecular flexibility index (Phi) is 6.59. The van der Waals surface area contributed by atoms with Crippen LogP contribution in [-0.4, -0.2) is 47.8 Å². The molecule has 1 unspecified atom stereocenters. The van der Waals surface area contributed by atoms with E-state index in [0.29, 0.717) is 36.6 Å². The van der Waals surface area contributed by atoms with Crippen molar-refractivity contribution in [3.8, 4) is 28.9 Å². The standard InChI is InChI=1S/C22H28N4O4/c1-13(2)17-8-18(20(29)9-19(17)28)21-24-25-22(30)26(21)12-16-6-4-15(5-7-16)11-23-10-14(3)27/h4-9,13-14,23,27-29H,10-12H2,1-3H3,(H,25,30). The molecular weight excluding hydrogens is 384 g/mol. The van der Waals surface area contributed by atoms with E-state index in [1.54, 1.807) is 13.0 Å². The number of nitrogens with one attached hydrogen (secondary N) is 1. The van der Waals surface area contributed by atoms with E-state index >= 15 is 0 Å². The van der Waals surface area contributed by atoms with Crippen molar-refractivity contribution in [2.24, 2.45) is 0 Å². The minimum absolute atomic E-state index is 0.0151. The van der Waals surface area contributed by atoms with Gasteiger partial charge in [-0.05, 0) is 35.6 Å². The number of rotatable bonds is 8. The number of nitrogens with zero attached hydrogens (tertiary/aromatic N) is 3. The molecule has 8 nitrogen and oxygen atoms in total. The van der Waals surface area contributed by atoms with Crippen molar-refractivity contribution in [1.29, 1.82) is 0 Å². The number of aromatic nitrogens is 3. The highest BCUT2D eigenvalue weighted by molar-refractivity contribution is 5.68. The number of aromatic hydroxyl groups is 3. The van der Waals surface area contributed by atoms with Crippen molar-refractivity contribution in [3.05, 3.63) is 53.1 Å². The van der Waals surface area contributed by atoms with Crippen LogP contribution >= 0.6 is 0 Å². The molecule has 1 aromatic heterocycles. The molecule has 1 atom stereocenters. The van der Waals surface area contributed by atoms with Gasteiger partial charge in [-0.15, -0.1) is 5.10 Å². The van der Waals surface area contributed by atoms with Gasteiger partial charge in [0.15, 0.2) is 5.82 Å². The van der Waals surface area contributed by atoms with E-state index < -0.39 is 6.10 Å². The van der Waals surface area contributed by atoms with Crippen LogP contribution in [0.5, 0.6) is 17.5 Å². The molecule has 0 aliphatic carbocycles. The Labute approximate surface area is 175 Å². The molecule has 160 valence electrons. The Morgan fingerprint density at radius 2 is 1.60 bits per heavy atom. The van der Waals surface area contributed by atoms with Crippen LogP contribution in [0, 0.1) is 0 Å². The third kappa shape index (κ3) is 4.90. The zero-order valence-electron chi connectivity index (χ0n) is 17.4. The van der Waals surface area contributed by atoms with E-state index in [2.05, 4.69) is 15.5 Å². The van der Waals surface area contributed by atoms with Gasteiger partial charge in [0.1, 0.15) is 11.5 Å². The van der Waals surface area contributed by atoms with Crippen molar-refractivity contribution < 1.29 is 20.4 Å². The number of phenolic OH excluding ortho intramolecular Hbond substituents is 2. The maximum absolute atomic E-state index is 10.4. The molecule has 0 bridgehead atoms. The number of hydrogen-bond donors (Lipinski definition) is 5. The van der Waals surface area contributed by atoms with Gasteiger partial charge in [0, 0.05) is 19.2 Å². The molecule has 0 radical (unpaired) electrons. The third-order valence-corrected chi connectivity index (χ3v) is 4.87. The van der Waals surface area contributed by atoms with Crippen molar-refractivity contribution >= 4 is 0 Å². The molecule has 3 rings (SSSR count). The van der Waals surface area contributed by atoms with Gasteiger partial charge in [-0.25, -0.2) is 0 Å². The number of aliphatic hydroxyl groups is 1. The topological polar surface area (TPSA) is 124 Å². The van der Waals surface area contributed by atoms with Gasteiger partial charge in [-0.2, -0.15) is 0 Å². The number of aliphatic hydroxyl groups excluding tert-OH is 1. The summed E-state index contributed by atoms with van der Waals surface area (Å²) in [6.45, 7) is 7.09. The maximum Gasteiger partial charge on any atom is 0.315 e. The van der Waals surface area contributed by atoms with E-state index in [-0.39, 0.29) is 23.4 Å². The molecule has 0 amide bonds. The predicted molar refractivity (Wildman–Crippen MR) is 113 cm³/mol. The summed E-state index contributed by atoms with van der Waals surface area (Å²) >= 11 is 0. The summed E-state index contributed by atoms with van der Waals surface area (Å²) in [7, 11) is 0. The van der Waals surface area contributed by atoms with Crippen LogP contribution in [0.25, 0.3) is 11.4 Å². The molecule has 0 aliphatic rings. The lowest BCUT2D eigenvalue weighted by molar-refractivity contribution is 0.191. The molecule has 30 heavy (non-hydrogen) atoms. The van der Waals surface area contributed by atoms with Gasteiger partial charge in [-0.3, -0.25) is 4.57 Å². The van der Waals surface area contributed by atoms with Crippen molar-refractivity contribution in [3.63, 3.8) is 0 Å². The van der Waals surface area contributed by atoms with Crippen LogP contribution < -0.4 is 5.32 Å². The van der Waals surface area contributed by atoms with Crippen molar-refractivity contribution in [1.82, 2.24) is 20.1 Å². The first-order valence-corrected chi connectivity index (χ1v) is 9.91. The van der Waals surface area contributed by atoms with Crippen LogP contribution in [-0.2, 0) is 13.1 Å². The predicted octanol–water partition coefficient (Wildman–Crippen LogP) is 2.70. The lowest BCUT2D eigenvalue weighted by Gasteiger charge is -2.14. The Balaban J connectivity index is 1.84. The van der Waals surface area contributed by atoms with Crippen molar-refractivity contribution in [2.45, 2.75) is 45.9 Å². The lowest BCUT2D eigenvalue weighted by Crippen LogP contribution is -2.23. The zero-order valence-corrected chi connectivity index (χ0v) is 17.4. The maximum atomic E-state index is 10.4. The average molecular weight is 412 g/mol. The van der Waals surface area contributed by atoms with Crippen molar-refractivity contribution in [2.75, 3.05) is 6.54 Å². The molecule has 0 aliphatic heterocycles. The van der Waals surface area contributed by atoms with Gasteiger partial charge in [0.2, 0.25) is 0 Å². The fraction of sp³-hybridized carbons (Fsp3) is 0.364.